The van der Waals surface area contributed by atoms with Crippen molar-refractivity contribution < 1.29 is 9.90 Å². The van der Waals surface area contributed by atoms with Crippen molar-refractivity contribution in [2.75, 3.05) is 13.2 Å². The largest absolute Gasteiger partial charge is 0.396 e. The number of nitrogens with one attached hydrogen (secondary N) is 2. The molecule has 16 heavy (non-hydrogen) atoms. The molecule has 0 saturated heterocycles. The summed E-state index contributed by atoms with van der Waals surface area (Å²) in [5.41, 5.74) is 0.751. The summed E-state index contributed by atoms with van der Waals surface area (Å²) in [5.74, 6) is 0.00522. The van der Waals surface area contributed by atoms with Gasteiger partial charge in [-0.1, -0.05) is 6.92 Å². The molecule has 5 heteroatoms. The number of aromatic amines is 1. The van der Waals surface area contributed by atoms with Crippen molar-refractivity contribution in [1.82, 2.24) is 10.3 Å². The van der Waals surface area contributed by atoms with E-state index in [9.17, 15) is 4.79 Å². The standard InChI is InChI=1S/C11H15N3O2/c1-8(4-5-15)7-13-11(16)10-3-2-9(6-12)14-10/h2-3,8,14-15H,4-5,7H2,1H3,(H,13,16). The first-order chi connectivity index (χ1) is 7.67. The van der Waals surface area contributed by atoms with Crippen LogP contribution in [0.5, 0.6) is 0 Å². The van der Waals surface area contributed by atoms with Crippen LogP contribution >= 0.6 is 0 Å². The maximum atomic E-state index is 11.6. The predicted octanol–water partition coefficient (Wildman–Crippen LogP) is 0.635. The first-order valence-electron chi connectivity index (χ1n) is 5.15. The Morgan fingerprint density at radius 3 is 3.00 bits per heavy atom. The molecule has 0 saturated carbocycles. The van der Waals surface area contributed by atoms with Crippen LogP contribution in [0.3, 0.4) is 0 Å². The predicted molar refractivity (Wildman–Crippen MR) is 58.7 cm³/mol. The summed E-state index contributed by atoms with van der Waals surface area (Å²) in [5, 5.41) is 20.0. The third kappa shape index (κ3) is 3.41. The summed E-state index contributed by atoms with van der Waals surface area (Å²) in [6.07, 6.45) is 0.661. The zero-order valence-electron chi connectivity index (χ0n) is 9.16. The molecule has 0 aromatic carbocycles. The van der Waals surface area contributed by atoms with E-state index in [1.54, 1.807) is 12.1 Å². The Morgan fingerprint density at radius 1 is 1.69 bits per heavy atom. The van der Waals surface area contributed by atoms with Crippen LogP contribution in [0.4, 0.5) is 0 Å². The monoisotopic (exact) mass is 221 g/mol. The molecule has 1 heterocycles. The van der Waals surface area contributed by atoms with Crippen LogP contribution in [-0.4, -0.2) is 29.1 Å². The second kappa shape index (κ2) is 5.93. The fourth-order valence-electron chi connectivity index (χ4n) is 1.28. The molecule has 86 valence electrons. The van der Waals surface area contributed by atoms with Crippen molar-refractivity contribution in [2.24, 2.45) is 5.92 Å². The Morgan fingerprint density at radius 2 is 2.44 bits per heavy atom. The fraction of sp³-hybridized carbons (Fsp3) is 0.455. The first kappa shape index (κ1) is 12.3. The minimum atomic E-state index is -0.230. The molecule has 0 fully saturated rings. The van der Waals surface area contributed by atoms with Crippen molar-refractivity contribution in [1.29, 1.82) is 5.26 Å². The van der Waals surface area contributed by atoms with Gasteiger partial charge in [-0.05, 0) is 24.5 Å². The van der Waals surface area contributed by atoms with Crippen LogP contribution in [0.25, 0.3) is 0 Å². The highest BCUT2D eigenvalue weighted by atomic mass is 16.3. The van der Waals surface area contributed by atoms with Gasteiger partial charge in [0.15, 0.2) is 0 Å². The minimum Gasteiger partial charge on any atom is -0.396 e. The highest BCUT2D eigenvalue weighted by molar-refractivity contribution is 5.92. The summed E-state index contributed by atoms with van der Waals surface area (Å²) in [6, 6.07) is 5.05. The lowest BCUT2D eigenvalue weighted by atomic mass is 10.1. The lowest BCUT2D eigenvalue weighted by Crippen LogP contribution is -2.28. The number of nitrogens with zero attached hydrogens (tertiary/aromatic N) is 1. The zero-order chi connectivity index (χ0) is 12.0. The second-order valence-electron chi connectivity index (χ2n) is 3.72. The van der Waals surface area contributed by atoms with Crippen LogP contribution in [0.15, 0.2) is 12.1 Å². The van der Waals surface area contributed by atoms with Gasteiger partial charge >= 0.3 is 0 Å². The van der Waals surface area contributed by atoms with Crippen molar-refractivity contribution >= 4 is 5.91 Å². The van der Waals surface area contributed by atoms with Gasteiger partial charge in [0, 0.05) is 13.2 Å². The molecule has 0 aliphatic carbocycles. The van der Waals surface area contributed by atoms with Gasteiger partial charge in [-0.15, -0.1) is 0 Å². The van der Waals surface area contributed by atoms with Crippen molar-refractivity contribution in [3.63, 3.8) is 0 Å². The van der Waals surface area contributed by atoms with Crippen LogP contribution in [-0.2, 0) is 0 Å². The van der Waals surface area contributed by atoms with Crippen molar-refractivity contribution in [2.45, 2.75) is 13.3 Å². The number of amides is 1. The van der Waals surface area contributed by atoms with Gasteiger partial charge in [-0.25, -0.2) is 0 Å². The number of rotatable bonds is 5. The number of carbonyl (C=O) groups is 1. The van der Waals surface area contributed by atoms with E-state index < -0.39 is 0 Å². The van der Waals surface area contributed by atoms with E-state index in [2.05, 4.69) is 10.3 Å². The number of aliphatic hydroxyl groups is 1. The van der Waals surface area contributed by atoms with Gasteiger partial charge in [-0.2, -0.15) is 5.26 Å². The molecule has 1 atom stereocenters. The number of aromatic nitrogens is 1. The average Bonchev–Trinajstić information content (AvgIpc) is 2.75. The quantitative estimate of drug-likeness (QED) is 0.681. The van der Waals surface area contributed by atoms with Crippen LogP contribution in [0.2, 0.25) is 0 Å². The van der Waals surface area contributed by atoms with E-state index >= 15 is 0 Å². The number of hydrogen-bond donors (Lipinski definition) is 3. The van der Waals surface area contributed by atoms with Crippen LogP contribution in [0, 0.1) is 17.2 Å². The maximum absolute atomic E-state index is 11.6. The molecule has 0 spiro atoms. The lowest BCUT2D eigenvalue weighted by molar-refractivity contribution is 0.0941. The molecule has 1 aromatic rings. The Labute approximate surface area is 94.1 Å². The molecular formula is C11H15N3O2. The van der Waals surface area contributed by atoms with E-state index in [-0.39, 0.29) is 18.4 Å². The highest BCUT2D eigenvalue weighted by Crippen LogP contribution is 2.02. The number of carbonyl (C=O) groups excluding carboxylic acids is 1. The van der Waals surface area contributed by atoms with Gasteiger partial charge in [0.1, 0.15) is 17.5 Å². The molecule has 1 amide bonds. The van der Waals surface area contributed by atoms with E-state index in [4.69, 9.17) is 10.4 Å². The minimum absolute atomic E-state index is 0.123. The lowest BCUT2D eigenvalue weighted by Gasteiger charge is -2.10. The Balaban J connectivity index is 2.44. The SMILES string of the molecule is CC(CCO)CNC(=O)c1ccc(C#N)[nH]1. The second-order valence-corrected chi connectivity index (χ2v) is 3.72. The summed E-state index contributed by atoms with van der Waals surface area (Å²) >= 11 is 0. The average molecular weight is 221 g/mol. The summed E-state index contributed by atoms with van der Waals surface area (Å²) in [7, 11) is 0. The molecule has 1 unspecified atom stereocenters. The van der Waals surface area contributed by atoms with E-state index in [0.29, 0.717) is 24.4 Å². The Kier molecular flexibility index (Phi) is 4.55. The van der Waals surface area contributed by atoms with Crippen molar-refractivity contribution in [3.05, 3.63) is 23.5 Å². The smallest absolute Gasteiger partial charge is 0.267 e. The summed E-state index contributed by atoms with van der Waals surface area (Å²) in [6.45, 7) is 2.59. The topological polar surface area (TPSA) is 88.9 Å². The third-order valence-corrected chi connectivity index (χ3v) is 2.28. The first-order valence-corrected chi connectivity index (χ1v) is 5.15. The van der Waals surface area contributed by atoms with E-state index in [1.165, 1.54) is 0 Å². The molecule has 3 N–H and O–H groups in total. The molecule has 0 radical (unpaired) electrons. The summed E-state index contributed by atoms with van der Waals surface area (Å²) in [4.78, 5) is 14.3. The number of hydrogen-bond acceptors (Lipinski definition) is 3. The maximum Gasteiger partial charge on any atom is 0.267 e. The van der Waals surface area contributed by atoms with Crippen LogP contribution in [0.1, 0.15) is 29.5 Å². The van der Waals surface area contributed by atoms with Gasteiger partial charge < -0.3 is 15.4 Å². The molecule has 1 rings (SSSR count). The molecule has 5 nitrogen and oxygen atoms in total. The fourth-order valence-corrected chi connectivity index (χ4v) is 1.28. The molecular weight excluding hydrogens is 206 g/mol. The van der Waals surface area contributed by atoms with Crippen molar-refractivity contribution in [3.8, 4) is 6.07 Å². The molecule has 0 bridgehead atoms. The van der Waals surface area contributed by atoms with Gasteiger partial charge in [0.25, 0.3) is 5.91 Å². The third-order valence-electron chi connectivity index (χ3n) is 2.28. The number of H-pyrrole nitrogens is 1. The zero-order valence-corrected chi connectivity index (χ0v) is 9.16. The van der Waals surface area contributed by atoms with Crippen LogP contribution < -0.4 is 5.32 Å². The van der Waals surface area contributed by atoms with Gasteiger partial charge in [-0.3, -0.25) is 4.79 Å². The number of aliphatic hydroxyl groups excluding tert-OH is 1. The van der Waals surface area contributed by atoms with E-state index in [0.717, 1.165) is 0 Å². The molecule has 0 aliphatic rings. The normalized spacial score (nSPS) is 11.8. The molecule has 1 aromatic heterocycles. The van der Waals surface area contributed by atoms with Gasteiger partial charge in [0.2, 0.25) is 0 Å². The highest BCUT2D eigenvalue weighted by Gasteiger charge is 2.09. The van der Waals surface area contributed by atoms with Gasteiger partial charge in [0.05, 0.1) is 0 Å². The summed E-state index contributed by atoms with van der Waals surface area (Å²) < 4.78 is 0. The Hall–Kier alpha value is -1.80. The number of nitriles is 1. The molecule has 0 aliphatic heterocycles. The Bertz CT molecular complexity index is 392. The van der Waals surface area contributed by atoms with E-state index in [1.807, 2.05) is 13.0 Å².